The Balaban J connectivity index is 1.65. The van der Waals surface area contributed by atoms with Crippen molar-refractivity contribution in [3.8, 4) is 5.69 Å². The number of carboxylic acid groups (broad SMARTS) is 1. The topological polar surface area (TPSA) is 75.4 Å². The van der Waals surface area contributed by atoms with Crippen LogP contribution in [0.15, 0.2) is 48.8 Å². The van der Waals surface area contributed by atoms with Crippen molar-refractivity contribution in [1.29, 1.82) is 0 Å². The Bertz CT molecular complexity index is 997. The number of carbonyl (C=O) groups excluding carboxylic acids is 1. The number of benzene rings is 1. The van der Waals surface area contributed by atoms with Gasteiger partial charge in [-0.15, -0.1) is 0 Å². The third kappa shape index (κ3) is 2.81. The maximum atomic E-state index is 13.3. The van der Waals surface area contributed by atoms with Crippen LogP contribution in [0.4, 0.5) is 4.39 Å². The van der Waals surface area contributed by atoms with Crippen LogP contribution in [-0.4, -0.2) is 50.7 Å². The van der Waals surface area contributed by atoms with E-state index in [-0.39, 0.29) is 18.0 Å². The van der Waals surface area contributed by atoms with E-state index in [0.717, 1.165) is 11.1 Å². The van der Waals surface area contributed by atoms with Crippen LogP contribution >= 0.6 is 0 Å². The maximum absolute atomic E-state index is 13.3. The zero-order chi connectivity index (χ0) is 18.3. The van der Waals surface area contributed by atoms with Crippen molar-refractivity contribution in [2.24, 2.45) is 0 Å². The van der Waals surface area contributed by atoms with Gasteiger partial charge in [-0.2, -0.15) is 0 Å². The second-order valence-corrected chi connectivity index (χ2v) is 6.31. The fourth-order valence-electron chi connectivity index (χ4n) is 3.20. The second kappa shape index (κ2) is 6.25. The number of hydrogen-bond acceptors (Lipinski definition) is 3. The Labute approximate surface area is 148 Å². The van der Waals surface area contributed by atoms with E-state index in [0.29, 0.717) is 24.2 Å². The highest BCUT2D eigenvalue weighted by atomic mass is 19.1. The summed E-state index contributed by atoms with van der Waals surface area (Å²) in [5.74, 6) is -1.19. The molecule has 3 heterocycles. The average Bonchev–Trinajstić information content (AvgIpc) is 3.27. The summed E-state index contributed by atoms with van der Waals surface area (Å²) in [6.07, 6.45) is 2.74. The zero-order valence-electron chi connectivity index (χ0n) is 13.8. The first kappa shape index (κ1) is 16.3. The molecule has 132 valence electrons. The Hall–Kier alpha value is -3.22. The molecule has 1 atom stereocenters. The molecule has 1 aliphatic rings. The fourth-order valence-corrected chi connectivity index (χ4v) is 3.20. The maximum Gasteiger partial charge on any atom is 0.335 e. The highest BCUT2D eigenvalue weighted by molar-refractivity contribution is 5.97. The van der Waals surface area contributed by atoms with E-state index < -0.39 is 12.1 Å². The minimum absolute atomic E-state index is 0.133. The molecule has 1 saturated heterocycles. The number of alkyl halides is 1. The third-order valence-electron chi connectivity index (χ3n) is 4.58. The molecule has 1 fully saturated rings. The van der Waals surface area contributed by atoms with Crippen molar-refractivity contribution in [3.63, 3.8) is 0 Å². The molecule has 7 heteroatoms. The first-order chi connectivity index (χ1) is 12.5. The van der Waals surface area contributed by atoms with Gasteiger partial charge in [0.2, 0.25) is 0 Å². The fraction of sp³-hybridized carbons (Fsp3) is 0.211. The van der Waals surface area contributed by atoms with Crippen molar-refractivity contribution in [2.45, 2.75) is 12.6 Å². The standard InChI is InChI=1S/C19H16FN3O3/c20-15-6-7-22(11-15)18(24)14-9-13-5-8-23(17(13)21-10-14)16-3-1-12(2-4-16)19(25)26/h1-5,8-10,15H,6-7,11H2,(H,25,26). The number of fused-ring (bicyclic) bond motifs is 1. The third-order valence-corrected chi connectivity index (χ3v) is 4.58. The summed E-state index contributed by atoms with van der Waals surface area (Å²) in [7, 11) is 0. The molecular formula is C19H16FN3O3. The van der Waals surface area contributed by atoms with Crippen LogP contribution in [0.1, 0.15) is 27.1 Å². The largest absolute Gasteiger partial charge is 0.478 e. The van der Waals surface area contributed by atoms with E-state index in [9.17, 15) is 14.0 Å². The SMILES string of the molecule is O=C(O)c1ccc(-n2ccc3cc(C(=O)N4CCC(F)C4)cnc32)cc1. The minimum atomic E-state index is -0.979. The lowest BCUT2D eigenvalue weighted by Gasteiger charge is -2.15. The predicted octanol–water partition coefficient (Wildman–Crippen LogP) is 2.91. The van der Waals surface area contributed by atoms with Gasteiger partial charge in [0.25, 0.3) is 5.91 Å². The number of carboxylic acids is 1. The summed E-state index contributed by atoms with van der Waals surface area (Å²) < 4.78 is 15.1. The number of aromatic carboxylic acids is 1. The number of nitrogens with zero attached hydrogens (tertiary/aromatic N) is 3. The van der Waals surface area contributed by atoms with Crippen molar-refractivity contribution in [3.05, 3.63) is 59.9 Å². The number of amides is 1. The van der Waals surface area contributed by atoms with E-state index in [2.05, 4.69) is 4.98 Å². The molecule has 6 nitrogen and oxygen atoms in total. The van der Waals surface area contributed by atoms with Gasteiger partial charge in [-0.1, -0.05) is 0 Å². The number of pyridine rings is 1. The van der Waals surface area contributed by atoms with E-state index in [1.807, 2.05) is 16.8 Å². The highest BCUT2D eigenvalue weighted by Crippen LogP contribution is 2.22. The smallest absolute Gasteiger partial charge is 0.335 e. The number of halogens is 1. The highest BCUT2D eigenvalue weighted by Gasteiger charge is 2.27. The van der Waals surface area contributed by atoms with Gasteiger partial charge < -0.3 is 14.6 Å². The van der Waals surface area contributed by atoms with Crippen molar-refractivity contribution >= 4 is 22.9 Å². The molecule has 4 rings (SSSR count). The molecule has 2 aromatic heterocycles. The van der Waals surface area contributed by atoms with Crippen LogP contribution in [0.25, 0.3) is 16.7 Å². The number of hydrogen-bond donors (Lipinski definition) is 1. The van der Waals surface area contributed by atoms with E-state index in [1.165, 1.54) is 23.2 Å². The summed E-state index contributed by atoms with van der Waals surface area (Å²) in [6.45, 7) is 0.558. The molecule has 0 aliphatic carbocycles. The molecule has 0 bridgehead atoms. The average molecular weight is 353 g/mol. The lowest BCUT2D eigenvalue weighted by Crippen LogP contribution is -2.29. The van der Waals surface area contributed by atoms with Crippen LogP contribution in [-0.2, 0) is 0 Å². The molecule has 1 aliphatic heterocycles. The number of likely N-dealkylation sites (tertiary alicyclic amines) is 1. The summed E-state index contributed by atoms with van der Waals surface area (Å²) in [4.78, 5) is 29.3. The van der Waals surface area contributed by atoms with Gasteiger partial charge >= 0.3 is 5.97 Å². The quantitative estimate of drug-likeness (QED) is 0.786. The molecule has 1 N–H and O–H groups in total. The molecule has 0 saturated carbocycles. The van der Waals surface area contributed by atoms with Crippen LogP contribution in [0.5, 0.6) is 0 Å². The van der Waals surface area contributed by atoms with Gasteiger partial charge in [-0.25, -0.2) is 14.2 Å². The molecule has 0 spiro atoms. The Morgan fingerprint density at radius 1 is 1.15 bits per heavy atom. The second-order valence-electron chi connectivity index (χ2n) is 6.31. The van der Waals surface area contributed by atoms with Gasteiger partial charge in [-0.05, 0) is 42.8 Å². The zero-order valence-corrected chi connectivity index (χ0v) is 13.8. The lowest BCUT2D eigenvalue weighted by molar-refractivity contribution is 0.0696. The van der Waals surface area contributed by atoms with E-state index in [4.69, 9.17) is 5.11 Å². The molecule has 1 amide bonds. The first-order valence-electron chi connectivity index (χ1n) is 8.27. The normalized spacial score (nSPS) is 17.0. The number of aromatic nitrogens is 2. The number of carbonyl (C=O) groups is 2. The summed E-state index contributed by atoms with van der Waals surface area (Å²) in [6, 6.07) is 10.1. The minimum Gasteiger partial charge on any atom is -0.478 e. The van der Waals surface area contributed by atoms with Crippen LogP contribution in [0.2, 0.25) is 0 Å². The monoisotopic (exact) mass is 353 g/mol. The first-order valence-corrected chi connectivity index (χ1v) is 8.27. The van der Waals surface area contributed by atoms with Gasteiger partial charge in [0, 0.05) is 30.0 Å². The van der Waals surface area contributed by atoms with Crippen LogP contribution in [0.3, 0.4) is 0 Å². The Morgan fingerprint density at radius 2 is 1.92 bits per heavy atom. The number of rotatable bonds is 3. The summed E-state index contributed by atoms with van der Waals surface area (Å²) in [5, 5.41) is 9.77. The van der Waals surface area contributed by atoms with Crippen LogP contribution in [0, 0.1) is 0 Å². The van der Waals surface area contributed by atoms with Crippen molar-refractivity contribution < 1.29 is 19.1 Å². The van der Waals surface area contributed by atoms with Gasteiger partial charge in [0.05, 0.1) is 17.7 Å². The summed E-state index contributed by atoms with van der Waals surface area (Å²) >= 11 is 0. The molecule has 26 heavy (non-hydrogen) atoms. The molecular weight excluding hydrogens is 337 g/mol. The predicted molar refractivity (Wildman–Crippen MR) is 93.4 cm³/mol. The van der Waals surface area contributed by atoms with Crippen molar-refractivity contribution in [2.75, 3.05) is 13.1 Å². The Morgan fingerprint density at radius 3 is 2.58 bits per heavy atom. The molecule has 1 aromatic carbocycles. The lowest BCUT2D eigenvalue weighted by atomic mass is 10.2. The summed E-state index contributed by atoms with van der Waals surface area (Å²) in [5.41, 5.74) is 2.08. The Kier molecular flexibility index (Phi) is 3.91. The van der Waals surface area contributed by atoms with Gasteiger partial charge in [-0.3, -0.25) is 4.79 Å². The van der Waals surface area contributed by atoms with Crippen LogP contribution < -0.4 is 0 Å². The molecule has 1 unspecified atom stereocenters. The molecule has 3 aromatic rings. The van der Waals surface area contributed by atoms with Gasteiger partial charge in [0.1, 0.15) is 11.8 Å². The molecule has 0 radical (unpaired) electrons. The van der Waals surface area contributed by atoms with E-state index >= 15 is 0 Å². The van der Waals surface area contributed by atoms with Crippen molar-refractivity contribution in [1.82, 2.24) is 14.5 Å². The van der Waals surface area contributed by atoms with E-state index in [1.54, 1.807) is 18.2 Å². The van der Waals surface area contributed by atoms with Gasteiger partial charge in [0.15, 0.2) is 0 Å².